The maximum atomic E-state index is 12.8. The normalized spacial score (nSPS) is 17.3. The third-order valence-corrected chi connectivity index (χ3v) is 3.43. The van der Waals surface area contributed by atoms with Gasteiger partial charge in [0.05, 0.1) is 18.2 Å². The monoisotopic (exact) mass is 273 g/mol. The summed E-state index contributed by atoms with van der Waals surface area (Å²) in [5.74, 6) is 0.510. The Hall–Kier alpha value is -1.23. The van der Waals surface area contributed by atoms with Crippen molar-refractivity contribution in [3.63, 3.8) is 0 Å². The van der Waals surface area contributed by atoms with Crippen LogP contribution in [0.3, 0.4) is 0 Å². The quantitative estimate of drug-likeness (QED) is 0.879. The average Bonchev–Trinajstić information content (AvgIpc) is 3.13. The van der Waals surface area contributed by atoms with Crippen molar-refractivity contribution in [1.82, 2.24) is 0 Å². The molecule has 0 bridgehead atoms. The van der Waals surface area contributed by atoms with Gasteiger partial charge >= 0.3 is 6.18 Å². The third-order valence-electron chi connectivity index (χ3n) is 3.43. The van der Waals surface area contributed by atoms with E-state index in [1.54, 1.807) is 13.2 Å². The second-order valence-electron chi connectivity index (χ2n) is 5.07. The number of rotatable bonds is 5. The molecule has 1 fully saturated rings. The summed E-state index contributed by atoms with van der Waals surface area (Å²) in [4.78, 5) is 0. The number of hydrogen-bond donors (Lipinski definition) is 1. The number of aryl methyl sites for hydroxylation is 1. The molecular weight excluding hydrogens is 255 g/mol. The minimum absolute atomic E-state index is 0.0915. The molecule has 0 aromatic heterocycles. The molecule has 106 valence electrons. The van der Waals surface area contributed by atoms with Crippen LogP contribution >= 0.6 is 0 Å². The molecule has 19 heavy (non-hydrogen) atoms. The van der Waals surface area contributed by atoms with Crippen LogP contribution in [-0.2, 0) is 10.9 Å². The van der Waals surface area contributed by atoms with Crippen molar-refractivity contribution in [2.24, 2.45) is 5.92 Å². The predicted molar refractivity (Wildman–Crippen MR) is 68.2 cm³/mol. The zero-order valence-corrected chi connectivity index (χ0v) is 11.1. The Kier molecular flexibility index (Phi) is 4.04. The fraction of sp³-hybridized carbons (Fsp3) is 0.571. The van der Waals surface area contributed by atoms with Crippen LogP contribution in [0.4, 0.5) is 18.9 Å². The van der Waals surface area contributed by atoms with Gasteiger partial charge in [-0.05, 0) is 43.4 Å². The highest BCUT2D eigenvalue weighted by atomic mass is 19.4. The first-order chi connectivity index (χ1) is 8.91. The summed E-state index contributed by atoms with van der Waals surface area (Å²) in [5.41, 5.74) is 0.170. The van der Waals surface area contributed by atoms with Crippen molar-refractivity contribution in [3.05, 3.63) is 29.3 Å². The standard InChI is InChI=1S/C14H18F3NO/c1-9-3-6-11(7-12(9)14(15,16)17)18-13(8-19-2)10-4-5-10/h3,6-7,10,13,18H,4-5,8H2,1-2H3. The van der Waals surface area contributed by atoms with E-state index in [0.717, 1.165) is 12.8 Å². The minimum atomic E-state index is -4.31. The molecule has 0 aliphatic heterocycles. The lowest BCUT2D eigenvalue weighted by atomic mass is 10.1. The van der Waals surface area contributed by atoms with Crippen molar-refractivity contribution >= 4 is 5.69 Å². The van der Waals surface area contributed by atoms with Gasteiger partial charge in [-0.3, -0.25) is 0 Å². The lowest BCUT2D eigenvalue weighted by Gasteiger charge is -2.20. The van der Waals surface area contributed by atoms with Crippen LogP contribution in [0.25, 0.3) is 0 Å². The number of hydrogen-bond acceptors (Lipinski definition) is 2. The Morgan fingerprint density at radius 3 is 2.58 bits per heavy atom. The molecule has 0 radical (unpaired) electrons. The Morgan fingerprint density at radius 2 is 2.05 bits per heavy atom. The van der Waals surface area contributed by atoms with Crippen molar-refractivity contribution < 1.29 is 17.9 Å². The molecule has 1 aliphatic rings. The number of benzene rings is 1. The minimum Gasteiger partial charge on any atom is -0.383 e. The Balaban J connectivity index is 2.16. The SMILES string of the molecule is COCC(Nc1ccc(C)c(C(F)(F)F)c1)C1CC1. The maximum Gasteiger partial charge on any atom is 0.416 e. The first-order valence-corrected chi connectivity index (χ1v) is 6.35. The van der Waals surface area contributed by atoms with E-state index in [-0.39, 0.29) is 11.6 Å². The van der Waals surface area contributed by atoms with Gasteiger partial charge in [0.25, 0.3) is 0 Å². The largest absolute Gasteiger partial charge is 0.416 e. The predicted octanol–water partition coefficient (Wildman–Crippen LogP) is 3.85. The molecule has 1 aliphatic carbocycles. The molecule has 0 spiro atoms. The van der Waals surface area contributed by atoms with Gasteiger partial charge in [0.15, 0.2) is 0 Å². The van der Waals surface area contributed by atoms with Gasteiger partial charge in [0.1, 0.15) is 0 Å². The summed E-state index contributed by atoms with van der Waals surface area (Å²) in [6.07, 6.45) is -2.09. The van der Waals surface area contributed by atoms with Crippen molar-refractivity contribution in [2.45, 2.75) is 32.0 Å². The summed E-state index contributed by atoms with van der Waals surface area (Å²) in [6.45, 7) is 1.99. The summed E-state index contributed by atoms with van der Waals surface area (Å²) in [7, 11) is 1.60. The van der Waals surface area contributed by atoms with Gasteiger partial charge in [-0.2, -0.15) is 13.2 Å². The Bertz CT molecular complexity index is 441. The molecule has 0 heterocycles. The van der Waals surface area contributed by atoms with Crippen LogP contribution in [0, 0.1) is 12.8 Å². The van der Waals surface area contributed by atoms with E-state index in [1.165, 1.54) is 19.1 Å². The lowest BCUT2D eigenvalue weighted by Crippen LogP contribution is -2.27. The van der Waals surface area contributed by atoms with Crippen molar-refractivity contribution in [1.29, 1.82) is 0 Å². The average molecular weight is 273 g/mol. The first-order valence-electron chi connectivity index (χ1n) is 6.35. The van der Waals surface area contributed by atoms with Gasteiger partial charge in [-0.1, -0.05) is 6.07 Å². The highest BCUT2D eigenvalue weighted by Gasteiger charge is 2.34. The first kappa shape index (κ1) is 14.2. The Labute approximate surface area is 111 Å². The second kappa shape index (κ2) is 5.41. The summed E-state index contributed by atoms with van der Waals surface area (Å²) < 4.78 is 43.6. The van der Waals surface area contributed by atoms with Crippen LogP contribution in [-0.4, -0.2) is 19.8 Å². The van der Waals surface area contributed by atoms with Gasteiger partial charge in [-0.25, -0.2) is 0 Å². The number of methoxy groups -OCH3 is 1. The van der Waals surface area contributed by atoms with E-state index in [2.05, 4.69) is 5.32 Å². The summed E-state index contributed by atoms with van der Waals surface area (Å²) in [5, 5.41) is 3.16. The fourth-order valence-corrected chi connectivity index (χ4v) is 2.21. The molecular formula is C14H18F3NO. The number of alkyl halides is 3. The summed E-state index contributed by atoms with van der Waals surface area (Å²) >= 11 is 0. The van der Waals surface area contributed by atoms with Crippen molar-refractivity contribution in [2.75, 3.05) is 19.0 Å². The van der Waals surface area contributed by atoms with Crippen LogP contribution in [0.5, 0.6) is 0 Å². The molecule has 1 aromatic rings. The molecule has 1 N–H and O–H groups in total. The second-order valence-corrected chi connectivity index (χ2v) is 5.07. The van der Waals surface area contributed by atoms with Crippen LogP contribution in [0.1, 0.15) is 24.0 Å². The van der Waals surface area contributed by atoms with E-state index in [1.807, 2.05) is 0 Å². The van der Waals surface area contributed by atoms with Gasteiger partial charge in [0, 0.05) is 12.8 Å². The highest BCUT2D eigenvalue weighted by molar-refractivity contribution is 5.50. The molecule has 1 aromatic carbocycles. The lowest BCUT2D eigenvalue weighted by molar-refractivity contribution is -0.138. The van der Waals surface area contributed by atoms with E-state index < -0.39 is 11.7 Å². The highest BCUT2D eigenvalue weighted by Crippen LogP contribution is 2.36. The van der Waals surface area contributed by atoms with Gasteiger partial charge in [0.2, 0.25) is 0 Å². The molecule has 2 rings (SSSR count). The zero-order chi connectivity index (χ0) is 14.0. The zero-order valence-electron chi connectivity index (χ0n) is 11.1. The molecule has 2 nitrogen and oxygen atoms in total. The smallest absolute Gasteiger partial charge is 0.383 e. The number of nitrogens with one attached hydrogen (secondary N) is 1. The van der Waals surface area contributed by atoms with Crippen LogP contribution < -0.4 is 5.32 Å². The number of anilines is 1. The van der Waals surface area contributed by atoms with E-state index in [9.17, 15) is 13.2 Å². The third kappa shape index (κ3) is 3.62. The molecule has 5 heteroatoms. The number of halogens is 3. The Morgan fingerprint density at radius 1 is 1.37 bits per heavy atom. The van der Waals surface area contributed by atoms with E-state index in [4.69, 9.17) is 4.74 Å². The molecule has 0 saturated heterocycles. The van der Waals surface area contributed by atoms with Crippen molar-refractivity contribution in [3.8, 4) is 0 Å². The molecule has 1 unspecified atom stereocenters. The van der Waals surface area contributed by atoms with E-state index in [0.29, 0.717) is 18.2 Å². The topological polar surface area (TPSA) is 21.3 Å². The summed E-state index contributed by atoms with van der Waals surface area (Å²) in [6, 6.07) is 4.46. The molecule has 1 saturated carbocycles. The number of ether oxygens (including phenoxy) is 1. The van der Waals surface area contributed by atoms with Gasteiger partial charge < -0.3 is 10.1 Å². The van der Waals surface area contributed by atoms with Crippen LogP contribution in [0.2, 0.25) is 0 Å². The van der Waals surface area contributed by atoms with Gasteiger partial charge in [-0.15, -0.1) is 0 Å². The van der Waals surface area contributed by atoms with Crippen LogP contribution in [0.15, 0.2) is 18.2 Å². The maximum absolute atomic E-state index is 12.8. The molecule has 1 atom stereocenters. The van der Waals surface area contributed by atoms with E-state index >= 15 is 0 Å². The fourth-order valence-electron chi connectivity index (χ4n) is 2.21. The molecule has 0 amide bonds.